The lowest BCUT2D eigenvalue weighted by atomic mass is 10.1. The third kappa shape index (κ3) is 5.01. The van der Waals surface area contributed by atoms with E-state index in [-0.39, 0.29) is 17.4 Å². The van der Waals surface area contributed by atoms with Crippen LogP contribution in [0.5, 0.6) is 0 Å². The molecule has 29 heavy (non-hydrogen) atoms. The van der Waals surface area contributed by atoms with Crippen molar-refractivity contribution in [2.45, 2.75) is 24.3 Å². The largest absolute Gasteiger partial charge is 0.372 e. The SMILES string of the molecule is O=C(CSc1ccc(-c2ccc(N3CCCCC3)cc2)nn1)c1ccc(F)cc1. The summed E-state index contributed by atoms with van der Waals surface area (Å²) in [6.07, 6.45) is 3.84. The van der Waals surface area contributed by atoms with Crippen LogP contribution in [0, 0.1) is 5.82 Å². The fourth-order valence-electron chi connectivity index (χ4n) is 3.40. The number of benzene rings is 2. The molecule has 0 N–H and O–H groups in total. The number of halogens is 1. The highest BCUT2D eigenvalue weighted by atomic mass is 32.2. The lowest BCUT2D eigenvalue weighted by molar-refractivity contribution is 0.102. The van der Waals surface area contributed by atoms with E-state index in [0.717, 1.165) is 24.3 Å². The van der Waals surface area contributed by atoms with Crippen molar-refractivity contribution in [3.63, 3.8) is 0 Å². The Kier molecular flexibility index (Phi) is 6.20. The minimum atomic E-state index is -0.348. The maximum atomic E-state index is 13.0. The summed E-state index contributed by atoms with van der Waals surface area (Å²) in [4.78, 5) is 14.6. The third-order valence-corrected chi connectivity index (χ3v) is 5.96. The first kappa shape index (κ1) is 19.6. The summed E-state index contributed by atoms with van der Waals surface area (Å²) in [6, 6.07) is 17.8. The van der Waals surface area contributed by atoms with Crippen LogP contribution in [-0.2, 0) is 0 Å². The number of Topliss-reactive ketones (excluding diaryl/α,β-unsaturated/α-hetero) is 1. The van der Waals surface area contributed by atoms with Gasteiger partial charge in [-0.2, -0.15) is 0 Å². The van der Waals surface area contributed by atoms with Crippen LogP contribution >= 0.6 is 11.8 Å². The van der Waals surface area contributed by atoms with Crippen LogP contribution < -0.4 is 4.90 Å². The van der Waals surface area contributed by atoms with Gasteiger partial charge in [0.15, 0.2) is 5.78 Å². The first-order chi connectivity index (χ1) is 14.2. The standard InChI is InChI=1S/C23H22FN3OS/c24-19-8-4-18(5-9-19)22(28)16-29-23-13-12-21(25-26-23)17-6-10-20(11-7-17)27-14-2-1-3-15-27/h4-13H,1-3,14-16H2. The van der Waals surface area contributed by atoms with E-state index in [1.54, 1.807) is 0 Å². The van der Waals surface area contributed by atoms with Crippen molar-refractivity contribution in [1.82, 2.24) is 10.2 Å². The number of hydrogen-bond acceptors (Lipinski definition) is 5. The van der Waals surface area contributed by atoms with Crippen molar-refractivity contribution in [2.75, 3.05) is 23.7 Å². The molecule has 1 saturated heterocycles. The molecule has 1 aliphatic heterocycles. The van der Waals surface area contributed by atoms with Crippen LogP contribution in [0.3, 0.4) is 0 Å². The highest BCUT2D eigenvalue weighted by Crippen LogP contribution is 2.25. The van der Waals surface area contributed by atoms with E-state index in [0.29, 0.717) is 10.6 Å². The molecule has 0 amide bonds. The van der Waals surface area contributed by atoms with Crippen LogP contribution in [0.15, 0.2) is 65.7 Å². The second-order valence-corrected chi connectivity index (χ2v) is 8.07. The lowest BCUT2D eigenvalue weighted by Crippen LogP contribution is -2.29. The Morgan fingerprint density at radius 1 is 0.897 bits per heavy atom. The Morgan fingerprint density at radius 2 is 1.62 bits per heavy atom. The summed E-state index contributed by atoms with van der Waals surface area (Å²) in [5.74, 6) is -0.168. The van der Waals surface area contributed by atoms with E-state index in [1.165, 1.54) is 61.0 Å². The first-order valence-electron chi connectivity index (χ1n) is 9.80. The number of aromatic nitrogens is 2. The average molecular weight is 408 g/mol. The Hall–Kier alpha value is -2.73. The summed E-state index contributed by atoms with van der Waals surface area (Å²) in [5, 5.41) is 9.23. The van der Waals surface area contributed by atoms with E-state index < -0.39 is 0 Å². The Bertz CT molecular complexity index is 953. The number of thioether (sulfide) groups is 1. The predicted octanol–water partition coefficient (Wildman–Crippen LogP) is 5.25. The fourth-order valence-corrected chi connectivity index (χ4v) is 4.11. The van der Waals surface area contributed by atoms with Crippen LogP contribution in [0.2, 0.25) is 0 Å². The molecule has 2 aromatic carbocycles. The normalized spacial score (nSPS) is 14.0. The van der Waals surface area contributed by atoms with Gasteiger partial charge in [0.2, 0.25) is 0 Å². The number of nitrogens with zero attached hydrogens (tertiary/aromatic N) is 3. The quantitative estimate of drug-likeness (QED) is 0.413. The molecule has 0 atom stereocenters. The molecule has 3 aromatic rings. The van der Waals surface area contributed by atoms with Crippen molar-refractivity contribution in [2.24, 2.45) is 0 Å². The average Bonchev–Trinajstić information content (AvgIpc) is 2.79. The topological polar surface area (TPSA) is 46.1 Å². The van der Waals surface area contributed by atoms with Crippen LogP contribution in [-0.4, -0.2) is 34.8 Å². The van der Waals surface area contributed by atoms with Crippen LogP contribution in [0.1, 0.15) is 29.6 Å². The van der Waals surface area contributed by atoms with Gasteiger partial charge < -0.3 is 4.90 Å². The Morgan fingerprint density at radius 3 is 2.28 bits per heavy atom. The van der Waals surface area contributed by atoms with E-state index in [2.05, 4.69) is 39.4 Å². The van der Waals surface area contributed by atoms with Crippen molar-refractivity contribution < 1.29 is 9.18 Å². The van der Waals surface area contributed by atoms with E-state index in [4.69, 9.17) is 0 Å². The second-order valence-electron chi connectivity index (χ2n) is 7.07. The van der Waals surface area contributed by atoms with Crippen molar-refractivity contribution in [1.29, 1.82) is 0 Å². The predicted molar refractivity (Wildman–Crippen MR) is 115 cm³/mol. The number of piperidine rings is 1. The van der Waals surface area contributed by atoms with Gasteiger partial charge in [0, 0.05) is 29.9 Å². The highest BCUT2D eigenvalue weighted by molar-refractivity contribution is 7.99. The maximum Gasteiger partial charge on any atom is 0.173 e. The zero-order chi connectivity index (χ0) is 20.1. The molecule has 0 aliphatic carbocycles. The minimum Gasteiger partial charge on any atom is -0.372 e. The smallest absolute Gasteiger partial charge is 0.173 e. The number of ketones is 1. The van der Waals surface area contributed by atoms with Crippen molar-refractivity contribution in [3.8, 4) is 11.3 Å². The molecule has 0 radical (unpaired) electrons. The summed E-state index contributed by atoms with van der Waals surface area (Å²) in [6.45, 7) is 2.25. The molecule has 1 aliphatic rings. The number of carbonyl (C=O) groups excluding carboxylic acids is 1. The van der Waals surface area contributed by atoms with Gasteiger partial charge in [-0.1, -0.05) is 23.9 Å². The molecule has 4 nitrogen and oxygen atoms in total. The molecule has 0 unspecified atom stereocenters. The number of rotatable bonds is 6. The zero-order valence-corrected chi connectivity index (χ0v) is 16.9. The van der Waals surface area contributed by atoms with Gasteiger partial charge in [0.1, 0.15) is 10.8 Å². The van der Waals surface area contributed by atoms with Gasteiger partial charge in [0.25, 0.3) is 0 Å². The Labute approximate surface area is 174 Å². The number of carbonyl (C=O) groups is 1. The molecule has 148 valence electrons. The molecule has 1 fully saturated rings. The van der Waals surface area contributed by atoms with Gasteiger partial charge >= 0.3 is 0 Å². The van der Waals surface area contributed by atoms with Gasteiger partial charge in [-0.15, -0.1) is 10.2 Å². The van der Waals surface area contributed by atoms with E-state index >= 15 is 0 Å². The van der Waals surface area contributed by atoms with Crippen LogP contribution in [0.4, 0.5) is 10.1 Å². The molecule has 0 bridgehead atoms. The zero-order valence-electron chi connectivity index (χ0n) is 16.1. The summed E-state index contributed by atoms with van der Waals surface area (Å²) in [5.41, 5.74) is 3.59. The molecule has 1 aromatic heterocycles. The molecule has 0 spiro atoms. The van der Waals surface area contributed by atoms with E-state index in [9.17, 15) is 9.18 Å². The van der Waals surface area contributed by atoms with Crippen molar-refractivity contribution >= 4 is 23.2 Å². The highest BCUT2D eigenvalue weighted by Gasteiger charge is 2.12. The van der Waals surface area contributed by atoms with Crippen molar-refractivity contribution in [3.05, 3.63) is 72.0 Å². The maximum absolute atomic E-state index is 13.0. The molecule has 2 heterocycles. The molecule has 0 saturated carbocycles. The summed E-state index contributed by atoms with van der Waals surface area (Å²) >= 11 is 1.33. The summed E-state index contributed by atoms with van der Waals surface area (Å²) in [7, 11) is 0. The van der Waals surface area contributed by atoms with Gasteiger partial charge in [-0.05, 0) is 67.8 Å². The minimum absolute atomic E-state index is 0.0609. The Balaban J connectivity index is 1.36. The molecular weight excluding hydrogens is 385 g/mol. The van der Waals surface area contributed by atoms with Gasteiger partial charge in [0.05, 0.1) is 11.4 Å². The second kappa shape index (κ2) is 9.18. The monoisotopic (exact) mass is 407 g/mol. The number of hydrogen-bond donors (Lipinski definition) is 0. The van der Waals surface area contributed by atoms with Crippen LogP contribution in [0.25, 0.3) is 11.3 Å². The van der Waals surface area contributed by atoms with E-state index in [1.807, 2.05) is 12.1 Å². The lowest BCUT2D eigenvalue weighted by Gasteiger charge is -2.28. The fraction of sp³-hybridized carbons (Fsp3) is 0.261. The number of anilines is 1. The first-order valence-corrected chi connectivity index (χ1v) is 10.8. The molecular formula is C23H22FN3OS. The third-order valence-electron chi connectivity index (χ3n) is 5.04. The molecule has 6 heteroatoms. The molecule has 4 rings (SSSR count). The summed E-state index contributed by atoms with van der Waals surface area (Å²) < 4.78 is 13.0. The van der Waals surface area contributed by atoms with Gasteiger partial charge in [-0.25, -0.2) is 4.39 Å². The van der Waals surface area contributed by atoms with Gasteiger partial charge in [-0.3, -0.25) is 4.79 Å².